The highest BCUT2D eigenvalue weighted by molar-refractivity contribution is 6.01. The molecule has 0 unspecified atom stereocenters. The number of hydroxylamine groups is 2. The average molecular weight is 517 g/mol. The average Bonchev–Trinajstić information content (AvgIpc) is 3.48. The van der Waals surface area contributed by atoms with Crippen molar-refractivity contribution < 1.29 is 38.3 Å². The van der Waals surface area contributed by atoms with E-state index in [0.29, 0.717) is 24.4 Å². The number of nitrogens with one attached hydrogen (secondary N) is 2. The fourth-order valence-electron chi connectivity index (χ4n) is 4.11. The first-order valence-corrected chi connectivity index (χ1v) is 12.3. The zero-order valence-electron chi connectivity index (χ0n) is 20.9. The van der Waals surface area contributed by atoms with Crippen molar-refractivity contribution in [3.63, 3.8) is 0 Å². The molecular formula is C25H32N4O8. The second-order valence-electron chi connectivity index (χ2n) is 9.35. The number of benzene rings is 1. The number of imide groups is 1. The van der Waals surface area contributed by atoms with Gasteiger partial charge in [-0.15, -0.1) is 5.06 Å². The highest BCUT2D eigenvalue weighted by Gasteiger charge is 2.37. The molecule has 1 aromatic carbocycles. The molecule has 37 heavy (non-hydrogen) atoms. The molecule has 2 aliphatic heterocycles. The summed E-state index contributed by atoms with van der Waals surface area (Å²) in [5.74, 6) is -3.34. The molecule has 0 bridgehead atoms. The first-order valence-electron chi connectivity index (χ1n) is 12.3. The maximum absolute atomic E-state index is 13.1. The van der Waals surface area contributed by atoms with Crippen LogP contribution in [0.25, 0.3) is 0 Å². The summed E-state index contributed by atoms with van der Waals surface area (Å²) in [6.45, 7) is 3.57. The van der Waals surface area contributed by atoms with Crippen LogP contribution in [0.15, 0.2) is 30.3 Å². The third-order valence-corrected chi connectivity index (χ3v) is 5.94. The standard InChI is InChI=1S/C25H32N4O8/c1-16(2)13-18(23(33)26-14-22(32)37-29-20(30)10-11-21(29)31)27-24(34)19-9-6-12-28(19)25(35)36-15-17-7-4-3-5-8-17/h3-5,7-8,16,18-19H,6,9-15H2,1-2H3,(H,26,33)(H,27,34)/t18-,19-/m0/s1. The number of amides is 5. The zero-order chi connectivity index (χ0) is 26.9. The van der Waals surface area contributed by atoms with E-state index in [4.69, 9.17) is 9.57 Å². The smallest absolute Gasteiger partial charge is 0.410 e. The van der Waals surface area contributed by atoms with Gasteiger partial charge in [-0.25, -0.2) is 9.59 Å². The monoisotopic (exact) mass is 516 g/mol. The van der Waals surface area contributed by atoms with Crippen LogP contribution in [0.4, 0.5) is 4.79 Å². The molecule has 5 amide bonds. The van der Waals surface area contributed by atoms with Crippen molar-refractivity contribution in [1.82, 2.24) is 20.6 Å². The molecule has 2 aliphatic rings. The van der Waals surface area contributed by atoms with Gasteiger partial charge in [0.2, 0.25) is 11.8 Å². The summed E-state index contributed by atoms with van der Waals surface area (Å²) < 4.78 is 5.37. The van der Waals surface area contributed by atoms with Crippen LogP contribution in [-0.2, 0) is 40.2 Å². The van der Waals surface area contributed by atoms with Crippen LogP contribution in [0.3, 0.4) is 0 Å². The molecule has 3 rings (SSSR count). The number of likely N-dealkylation sites (tertiary alicyclic amines) is 1. The summed E-state index contributed by atoms with van der Waals surface area (Å²) in [5.41, 5.74) is 0.821. The molecule has 2 heterocycles. The third-order valence-electron chi connectivity index (χ3n) is 5.94. The molecule has 1 aromatic rings. The van der Waals surface area contributed by atoms with Crippen molar-refractivity contribution in [2.24, 2.45) is 5.92 Å². The van der Waals surface area contributed by atoms with Gasteiger partial charge in [0, 0.05) is 19.4 Å². The first kappa shape index (κ1) is 27.6. The third kappa shape index (κ3) is 7.76. The lowest BCUT2D eigenvalue weighted by Crippen LogP contribution is -2.54. The molecule has 0 aliphatic carbocycles. The van der Waals surface area contributed by atoms with Crippen molar-refractivity contribution in [3.05, 3.63) is 35.9 Å². The SMILES string of the molecule is CC(C)C[C@H](NC(=O)[C@@H]1CCCN1C(=O)OCc1ccccc1)C(=O)NCC(=O)ON1C(=O)CCC1=O. The topological polar surface area (TPSA) is 151 Å². The van der Waals surface area contributed by atoms with Crippen molar-refractivity contribution in [1.29, 1.82) is 0 Å². The number of nitrogens with zero attached hydrogens (tertiary/aromatic N) is 2. The maximum atomic E-state index is 13.1. The fraction of sp³-hybridized carbons (Fsp3) is 0.520. The molecule has 2 N–H and O–H groups in total. The van der Waals surface area contributed by atoms with Crippen LogP contribution in [0.2, 0.25) is 0 Å². The van der Waals surface area contributed by atoms with Gasteiger partial charge < -0.3 is 20.2 Å². The van der Waals surface area contributed by atoms with Crippen LogP contribution >= 0.6 is 0 Å². The van der Waals surface area contributed by atoms with Gasteiger partial charge in [-0.3, -0.25) is 24.1 Å². The Balaban J connectivity index is 1.54. The largest absolute Gasteiger partial charge is 0.445 e. The minimum atomic E-state index is -0.991. The van der Waals surface area contributed by atoms with Gasteiger partial charge in [0.05, 0.1) is 0 Å². The predicted octanol–water partition coefficient (Wildman–Crippen LogP) is 1.04. The minimum absolute atomic E-state index is 0.0263. The van der Waals surface area contributed by atoms with Gasteiger partial charge in [-0.2, -0.15) is 0 Å². The highest BCUT2D eigenvalue weighted by Crippen LogP contribution is 2.20. The summed E-state index contributed by atoms with van der Waals surface area (Å²) in [6.07, 6.45) is 0.616. The Morgan fingerprint density at radius 2 is 1.73 bits per heavy atom. The molecule has 2 saturated heterocycles. The van der Waals surface area contributed by atoms with E-state index in [1.807, 2.05) is 44.2 Å². The van der Waals surface area contributed by atoms with E-state index in [9.17, 15) is 28.8 Å². The predicted molar refractivity (Wildman–Crippen MR) is 128 cm³/mol. The summed E-state index contributed by atoms with van der Waals surface area (Å²) in [5, 5.41) is 5.46. The van der Waals surface area contributed by atoms with Crippen molar-refractivity contribution in [3.8, 4) is 0 Å². The normalized spacial score (nSPS) is 18.1. The first-order chi connectivity index (χ1) is 17.7. The molecular weight excluding hydrogens is 484 g/mol. The Labute approximate surface area is 214 Å². The van der Waals surface area contributed by atoms with E-state index in [-0.39, 0.29) is 31.8 Å². The van der Waals surface area contributed by atoms with Crippen molar-refractivity contribution >= 4 is 35.7 Å². The molecule has 0 aromatic heterocycles. The second-order valence-corrected chi connectivity index (χ2v) is 9.35. The molecule has 200 valence electrons. The molecule has 2 atom stereocenters. The van der Waals surface area contributed by atoms with E-state index >= 15 is 0 Å². The van der Waals surface area contributed by atoms with Crippen LogP contribution in [0.1, 0.15) is 51.5 Å². The summed E-state index contributed by atoms with van der Waals surface area (Å²) >= 11 is 0. The lowest BCUT2D eigenvalue weighted by atomic mass is 10.0. The molecule has 0 saturated carbocycles. The number of ether oxygens (including phenoxy) is 1. The summed E-state index contributed by atoms with van der Waals surface area (Å²) in [6, 6.07) is 7.41. The number of carbonyl (C=O) groups excluding carboxylic acids is 6. The van der Waals surface area contributed by atoms with E-state index in [1.54, 1.807) is 0 Å². The van der Waals surface area contributed by atoms with Crippen LogP contribution in [0, 0.1) is 5.92 Å². The van der Waals surface area contributed by atoms with Crippen LogP contribution < -0.4 is 10.6 Å². The lowest BCUT2D eigenvalue weighted by Gasteiger charge is -2.26. The van der Waals surface area contributed by atoms with Gasteiger partial charge in [0.15, 0.2) is 0 Å². The quantitative estimate of drug-likeness (QED) is 0.438. The van der Waals surface area contributed by atoms with E-state index < -0.39 is 54.3 Å². The van der Waals surface area contributed by atoms with E-state index in [0.717, 1.165) is 5.56 Å². The highest BCUT2D eigenvalue weighted by atomic mass is 16.7. The molecule has 0 spiro atoms. The summed E-state index contributed by atoms with van der Waals surface area (Å²) in [4.78, 5) is 79.8. The maximum Gasteiger partial charge on any atom is 0.410 e. The fourth-order valence-corrected chi connectivity index (χ4v) is 4.11. The van der Waals surface area contributed by atoms with Crippen molar-refractivity contribution in [2.75, 3.05) is 13.1 Å². The van der Waals surface area contributed by atoms with Gasteiger partial charge in [-0.1, -0.05) is 44.2 Å². The Hall–Kier alpha value is -3.96. The Bertz CT molecular complexity index is 1010. The number of carbonyl (C=O) groups is 6. The Morgan fingerprint density at radius 1 is 1.05 bits per heavy atom. The van der Waals surface area contributed by atoms with E-state index in [1.165, 1.54) is 4.90 Å². The Morgan fingerprint density at radius 3 is 2.38 bits per heavy atom. The molecule has 0 radical (unpaired) electrons. The van der Waals surface area contributed by atoms with Gasteiger partial charge in [0.25, 0.3) is 11.8 Å². The number of rotatable bonds is 10. The molecule has 2 fully saturated rings. The van der Waals surface area contributed by atoms with Gasteiger partial charge in [0.1, 0.15) is 25.2 Å². The Kier molecular flexibility index (Phi) is 9.58. The lowest BCUT2D eigenvalue weighted by molar-refractivity contribution is -0.196. The number of hydrogen-bond acceptors (Lipinski definition) is 8. The molecule has 12 nitrogen and oxygen atoms in total. The number of hydrogen-bond donors (Lipinski definition) is 2. The van der Waals surface area contributed by atoms with Gasteiger partial charge >= 0.3 is 12.1 Å². The molecule has 12 heteroatoms. The summed E-state index contributed by atoms with van der Waals surface area (Å²) in [7, 11) is 0. The van der Waals surface area contributed by atoms with Gasteiger partial charge in [-0.05, 0) is 30.7 Å². The van der Waals surface area contributed by atoms with E-state index in [2.05, 4.69) is 10.6 Å². The zero-order valence-corrected chi connectivity index (χ0v) is 20.9. The van der Waals surface area contributed by atoms with Crippen molar-refractivity contribution in [2.45, 2.75) is 64.6 Å². The second kappa shape index (κ2) is 12.8. The van der Waals surface area contributed by atoms with Crippen LogP contribution in [-0.4, -0.2) is 70.8 Å². The minimum Gasteiger partial charge on any atom is -0.445 e. The van der Waals surface area contributed by atoms with Crippen LogP contribution in [0.5, 0.6) is 0 Å².